The minimum absolute atomic E-state index is 0.238. The second-order valence-electron chi connectivity index (χ2n) is 9.06. The van der Waals surface area contributed by atoms with E-state index in [1.807, 2.05) is 44.2 Å². The van der Waals surface area contributed by atoms with Gasteiger partial charge in [-0.25, -0.2) is 0 Å². The number of ether oxygens (including phenoxy) is 1. The lowest BCUT2D eigenvalue weighted by atomic mass is 10.1. The van der Waals surface area contributed by atoms with E-state index < -0.39 is 36.7 Å². The van der Waals surface area contributed by atoms with Crippen molar-refractivity contribution in [3.8, 4) is 0 Å². The van der Waals surface area contributed by atoms with Crippen LogP contribution in [0, 0.1) is 5.92 Å². The Morgan fingerprint density at radius 1 is 1.06 bits per heavy atom. The first-order chi connectivity index (χ1) is 15.2. The molecule has 3 atom stereocenters. The fourth-order valence-corrected chi connectivity index (χ4v) is 2.19. The summed E-state index contributed by atoms with van der Waals surface area (Å²) in [4.78, 5) is 21.4. The van der Waals surface area contributed by atoms with Crippen LogP contribution in [0.25, 0.3) is 0 Å². The Hall–Kier alpha value is -2.08. The first-order valence-electron chi connectivity index (χ1n) is 10.9. The Bertz CT molecular complexity index is 637. The number of esters is 1. The van der Waals surface area contributed by atoms with E-state index in [1.54, 1.807) is 0 Å². The molecule has 33 heavy (non-hydrogen) atoms. The number of likely N-dealkylation sites (N-methyl/N-ethyl adjacent to an activating group) is 1. The number of nitrogens with zero attached hydrogens (tertiary/aromatic N) is 1. The number of carboxylic acid groups (broad SMARTS) is 1. The van der Waals surface area contributed by atoms with E-state index in [9.17, 15) is 14.7 Å². The molecule has 0 heterocycles. The topological polar surface area (TPSA) is 179 Å². The zero-order valence-electron chi connectivity index (χ0n) is 20.5. The number of hydrogen-bond acceptors (Lipinski definition) is 9. The van der Waals surface area contributed by atoms with Gasteiger partial charge < -0.3 is 45.9 Å². The Balaban J connectivity index is 0. The molecule has 7 N–H and O–H groups in total. The Morgan fingerprint density at radius 3 is 1.94 bits per heavy atom. The van der Waals surface area contributed by atoms with Gasteiger partial charge in [-0.05, 0) is 24.3 Å². The summed E-state index contributed by atoms with van der Waals surface area (Å²) in [6.07, 6.45) is -0.181. The third-order valence-electron chi connectivity index (χ3n) is 4.03. The van der Waals surface area contributed by atoms with Crippen molar-refractivity contribution in [2.24, 2.45) is 17.4 Å². The van der Waals surface area contributed by atoms with Crippen LogP contribution in [0.4, 0.5) is 0 Å². The Kier molecular flexibility index (Phi) is 18.4. The molecule has 0 bridgehead atoms. The molecule has 1 aromatic carbocycles. The van der Waals surface area contributed by atoms with Crippen molar-refractivity contribution in [1.82, 2.24) is 0 Å². The van der Waals surface area contributed by atoms with E-state index in [4.69, 9.17) is 31.5 Å². The van der Waals surface area contributed by atoms with Crippen LogP contribution in [0.15, 0.2) is 30.3 Å². The van der Waals surface area contributed by atoms with Crippen molar-refractivity contribution in [2.75, 3.05) is 47.5 Å². The number of quaternary nitrogens is 1. The van der Waals surface area contributed by atoms with Crippen LogP contribution in [0.1, 0.15) is 25.8 Å². The summed E-state index contributed by atoms with van der Waals surface area (Å²) in [6, 6.07) is 7.79. The van der Waals surface area contributed by atoms with Gasteiger partial charge in [0.05, 0.1) is 40.3 Å². The molecular formula is C23H43N3O7. The predicted octanol–water partition coefficient (Wildman–Crippen LogP) is -1.75. The first-order valence-corrected chi connectivity index (χ1v) is 10.9. The van der Waals surface area contributed by atoms with Crippen LogP contribution >= 0.6 is 0 Å². The second kappa shape index (κ2) is 18.4. The molecule has 0 fully saturated rings. The maximum absolute atomic E-state index is 11.4. The van der Waals surface area contributed by atoms with Gasteiger partial charge in [0.1, 0.15) is 25.3 Å². The summed E-state index contributed by atoms with van der Waals surface area (Å²) >= 11 is 0. The van der Waals surface area contributed by atoms with Gasteiger partial charge in [0.2, 0.25) is 0 Å². The van der Waals surface area contributed by atoms with E-state index in [0.29, 0.717) is 18.8 Å². The van der Waals surface area contributed by atoms with Crippen molar-refractivity contribution in [2.45, 2.75) is 44.9 Å². The highest BCUT2D eigenvalue weighted by Gasteiger charge is 2.16. The third-order valence-corrected chi connectivity index (χ3v) is 4.03. The summed E-state index contributed by atoms with van der Waals surface area (Å²) in [7, 11) is 6.16. The van der Waals surface area contributed by atoms with E-state index in [2.05, 4.69) is 21.1 Å². The van der Waals surface area contributed by atoms with Crippen LogP contribution in [0.3, 0.4) is 0 Å². The molecule has 0 aliphatic heterocycles. The first kappa shape index (κ1) is 33.1. The maximum Gasteiger partial charge on any atom is 0.323 e. The molecule has 0 amide bonds. The third kappa shape index (κ3) is 21.5. The lowest BCUT2D eigenvalue weighted by Gasteiger charge is -2.21. The van der Waals surface area contributed by atoms with E-state index in [-0.39, 0.29) is 13.2 Å². The van der Waals surface area contributed by atoms with Crippen LogP contribution in [0.2, 0.25) is 0 Å². The maximum atomic E-state index is 11.4. The summed E-state index contributed by atoms with van der Waals surface area (Å²) in [6.45, 7) is 4.27. The fraction of sp³-hybridized carbons (Fsp3) is 0.652. The van der Waals surface area contributed by atoms with Gasteiger partial charge >= 0.3 is 5.97 Å². The average Bonchev–Trinajstić information content (AvgIpc) is 2.71. The summed E-state index contributed by atoms with van der Waals surface area (Å²) in [5.74, 6) is -1.43. The molecule has 0 radical (unpaired) electrons. The van der Waals surface area contributed by atoms with Crippen molar-refractivity contribution in [1.29, 1.82) is 0 Å². The monoisotopic (exact) mass is 473 g/mol. The molecule has 0 spiro atoms. The van der Waals surface area contributed by atoms with Gasteiger partial charge in [-0.1, -0.05) is 44.2 Å². The highest BCUT2D eigenvalue weighted by atomic mass is 16.5. The van der Waals surface area contributed by atoms with Gasteiger partial charge in [-0.3, -0.25) is 4.79 Å². The number of carbonyl (C=O) groups is 2. The lowest BCUT2D eigenvalue weighted by molar-refractivity contribution is -0.870. The van der Waals surface area contributed by atoms with Crippen LogP contribution in [0.5, 0.6) is 0 Å². The fourth-order valence-electron chi connectivity index (χ4n) is 2.19. The number of hydrogen-bond donors (Lipinski definition) is 5. The molecule has 0 aromatic heterocycles. The van der Waals surface area contributed by atoms with Gasteiger partial charge in [0.25, 0.3) is 0 Å². The number of carbonyl (C=O) groups excluding carboxylic acids is 2. The predicted molar refractivity (Wildman–Crippen MR) is 125 cm³/mol. The lowest BCUT2D eigenvalue weighted by Crippen LogP contribution is -2.42. The minimum Gasteiger partial charge on any atom is -0.548 e. The molecule has 1 unspecified atom stereocenters. The Labute approximate surface area is 197 Å². The number of benzene rings is 1. The van der Waals surface area contributed by atoms with Crippen LogP contribution < -0.4 is 16.6 Å². The molecule has 10 heteroatoms. The summed E-state index contributed by atoms with van der Waals surface area (Å²) in [5, 5.41) is 35.9. The van der Waals surface area contributed by atoms with Crippen molar-refractivity contribution >= 4 is 11.9 Å². The van der Waals surface area contributed by atoms with Crippen molar-refractivity contribution in [3.05, 3.63) is 35.9 Å². The molecule has 0 aliphatic rings. The molecule has 192 valence electrons. The van der Waals surface area contributed by atoms with Gasteiger partial charge in [0.15, 0.2) is 0 Å². The molecule has 1 rings (SSSR count). The van der Waals surface area contributed by atoms with E-state index >= 15 is 0 Å². The van der Waals surface area contributed by atoms with E-state index in [1.165, 1.54) is 0 Å². The smallest absolute Gasteiger partial charge is 0.323 e. The number of carboxylic acids is 1. The number of aliphatic hydroxyl groups is 3. The number of rotatable bonds is 11. The number of nitrogens with two attached hydrogens (primary N) is 2. The molecule has 10 nitrogen and oxygen atoms in total. The Morgan fingerprint density at radius 2 is 1.61 bits per heavy atom. The number of aliphatic hydroxyl groups excluding tert-OH is 3. The molecule has 1 aromatic rings. The molecular weight excluding hydrogens is 430 g/mol. The molecule has 0 saturated heterocycles. The normalized spacial score (nSPS) is 13.5. The molecule has 0 saturated carbocycles. The van der Waals surface area contributed by atoms with Crippen LogP contribution in [-0.2, 0) is 20.7 Å². The standard InChI is InChI=1S/C12H17NO4.C6H13NO2.C5H14NO/c13-11(6-9-4-2-1-3-5-9)12(16)17-8-10(15)7-14;1-4(2)3-5(7)6(8)9;1-6(2,3)4-5-7/h1-5,10-11,14-15H,6-8,13H2;4-5H,3,7H2,1-2H3,(H,8,9);7H,4-5H2,1-3H3/q;;+1/p-1/t10?,11-;5-;/m00./s1. The highest BCUT2D eigenvalue weighted by molar-refractivity contribution is 5.75. The largest absolute Gasteiger partial charge is 0.548 e. The van der Waals surface area contributed by atoms with Crippen molar-refractivity contribution < 1.29 is 39.2 Å². The zero-order chi connectivity index (χ0) is 26.0. The average molecular weight is 474 g/mol. The van der Waals surface area contributed by atoms with Gasteiger partial charge in [0, 0.05) is 6.04 Å². The second-order valence-corrected chi connectivity index (χ2v) is 9.06. The number of aliphatic carboxylic acids is 1. The van der Waals surface area contributed by atoms with Crippen LogP contribution in [-0.4, -0.2) is 97.4 Å². The van der Waals surface area contributed by atoms with Crippen molar-refractivity contribution in [3.63, 3.8) is 0 Å². The minimum atomic E-state index is -1.16. The quantitative estimate of drug-likeness (QED) is 0.184. The van der Waals surface area contributed by atoms with E-state index in [0.717, 1.165) is 16.6 Å². The summed E-state index contributed by atoms with van der Waals surface area (Å²) < 4.78 is 5.60. The summed E-state index contributed by atoms with van der Waals surface area (Å²) in [5.41, 5.74) is 11.8. The zero-order valence-corrected chi connectivity index (χ0v) is 20.5. The SMILES string of the molecule is CC(C)C[C@H](N)C(=O)[O-].C[N+](C)(C)CCO.N[C@@H](Cc1ccccc1)C(=O)OCC(O)CO. The van der Waals surface area contributed by atoms with Gasteiger partial charge in [-0.2, -0.15) is 0 Å². The van der Waals surface area contributed by atoms with Gasteiger partial charge in [-0.15, -0.1) is 0 Å². The molecule has 0 aliphatic carbocycles. The highest BCUT2D eigenvalue weighted by Crippen LogP contribution is 2.03.